The monoisotopic (exact) mass is 386 g/mol. The second-order valence-electron chi connectivity index (χ2n) is 4.60. The molecule has 0 saturated carbocycles. The number of benzene rings is 1. The van der Waals surface area contributed by atoms with Crippen LogP contribution in [0.4, 0.5) is 0 Å². The van der Waals surface area contributed by atoms with E-state index in [-0.39, 0.29) is 0 Å². The maximum atomic E-state index is 6.19. The van der Waals surface area contributed by atoms with Crippen LogP contribution in [-0.2, 0) is 12.8 Å². The van der Waals surface area contributed by atoms with Crippen molar-refractivity contribution in [2.75, 3.05) is 0 Å². The Morgan fingerprint density at radius 2 is 1.84 bits per heavy atom. The molecule has 0 fully saturated rings. The van der Waals surface area contributed by atoms with E-state index in [4.69, 9.17) is 11.6 Å². The van der Waals surface area contributed by atoms with Gasteiger partial charge in [0.2, 0.25) is 0 Å². The zero-order chi connectivity index (χ0) is 13.8. The van der Waals surface area contributed by atoms with Gasteiger partial charge in [-0.05, 0) is 41.5 Å². The highest BCUT2D eigenvalue weighted by molar-refractivity contribution is 14.1. The van der Waals surface area contributed by atoms with Crippen molar-refractivity contribution in [1.29, 1.82) is 0 Å². The Morgan fingerprint density at radius 3 is 2.47 bits per heavy atom. The van der Waals surface area contributed by atoms with E-state index in [1.807, 2.05) is 0 Å². The summed E-state index contributed by atoms with van der Waals surface area (Å²) in [5.41, 5.74) is 3.53. The highest BCUT2D eigenvalue weighted by atomic mass is 127. The topological polar surface area (TPSA) is 25.8 Å². The van der Waals surface area contributed by atoms with E-state index in [0.29, 0.717) is 5.15 Å². The molecule has 0 unspecified atom stereocenters. The first kappa shape index (κ1) is 14.7. The van der Waals surface area contributed by atoms with Gasteiger partial charge in [-0.2, -0.15) is 0 Å². The minimum Gasteiger partial charge on any atom is -0.236 e. The van der Waals surface area contributed by atoms with Crippen LogP contribution in [0, 0.1) is 10.5 Å². The molecule has 100 valence electrons. The Morgan fingerprint density at radius 1 is 1.16 bits per heavy atom. The van der Waals surface area contributed by atoms with Crippen LogP contribution in [0.15, 0.2) is 24.3 Å². The van der Waals surface area contributed by atoms with Gasteiger partial charge in [0.15, 0.2) is 0 Å². The number of hydrogen-bond acceptors (Lipinski definition) is 2. The second-order valence-corrected chi connectivity index (χ2v) is 6.04. The maximum Gasteiger partial charge on any atom is 0.146 e. The third-order valence-corrected chi connectivity index (χ3v) is 4.62. The van der Waals surface area contributed by atoms with Crippen molar-refractivity contribution in [2.24, 2.45) is 0 Å². The molecule has 2 nitrogen and oxygen atoms in total. The first-order valence-electron chi connectivity index (χ1n) is 6.36. The minimum atomic E-state index is 0.571. The van der Waals surface area contributed by atoms with E-state index in [2.05, 4.69) is 70.7 Å². The lowest BCUT2D eigenvalue weighted by atomic mass is 10.1. The van der Waals surface area contributed by atoms with Crippen molar-refractivity contribution in [1.82, 2.24) is 9.97 Å². The van der Waals surface area contributed by atoms with E-state index in [9.17, 15) is 0 Å². The van der Waals surface area contributed by atoms with Crippen LogP contribution in [0.2, 0.25) is 5.15 Å². The van der Waals surface area contributed by atoms with E-state index in [1.165, 1.54) is 11.1 Å². The van der Waals surface area contributed by atoms with Gasteiger partial charge in [-0.1, -0.05) is 54.8 Å². The first-order valence-corrected chi connectivity index (χ1v) is 7.82. The Hall–Kier alpha value is -0.680. The molecular weight excluding hydrogens is 371 g/mol. The van der Waals surface area contributed by atoms with Gasteiger partial charge >= 0.3 is 0 Å². The fourth-order valence-corrected chi connectivity index (χ4v) is 2.60. The standard InChI is InChI=1S/C15H16ClIN2/c1-3-4-12-14(17)15(16)19-13(18-12)9-11-7-5-10(2)6-8-11/h5-8H,3-4,9H2,1-2H3. The van der Waals surface area contributed by atoms with Crippen LogP contribution >= 0.6 is 34.2 Å². The van der Waals surface area contributed by atoms with E-state index in [0.717, 1.165) is 34.4 Å². The number of aryl methyl sites for hydroxylation is 2. The molecule has 0 aliphatic heterocycles. The van der Waals surface area contributed by atoms with Gasteiger partial charge in [-0.25, -0.2) is 9.97 Å². The van der Waals surface area contributed by atoms with Crippen molar-refractivity contribution >= 4 is 34.2 Å². The van der Waals surface area contributed by atoms with Crippen molar-refractivity contribution < 1.29 is 0 Å². The fourth-order valence-electron chi connectivity index (χ4n) is 1.88. The second kappa shape index (κ2) is 6.66. The quantitative estimate of drug-likeness (QED) is 0.567. The molecule has 0 aliphatic rings. The molecule has 1 heterocycles. The minimum absolute atomic E-state index is 0.571. The lowest BCUT2D eigenvalue weighted by Crippen LogP contribution is -2.04. The molecule has 0 saturated heterocycles. The van der Waals surface area contributed by atoms with Crippen molar-refractivity contribution in [3.05, 3.63) is 55.6 Å². The Labute approximate surface area is 132 Å². The largest absolute Gasteiger partial charge is 0.236 e. The summed E-state index contributed by atoms with van der Waals surface area (Å²) < 4.78 is 0.980. The normalized spacial score (nSPS) is 10.7. The number of nitrogens with zero attached hydrogens (tertiary/aromatic N) is 2. The van der Waals surface area contributed by atoms with Crippen molar-refractivity contribution in [2.45, 2.75) is 33.1 Å². The summed E-state index contributed by atoms with van der Waals surface area (Å²) in [4.78, 5) is 9.02. The molecular formula is C15H16ClIN2. The average molecular weight is 387 g/mol. The van der Waals surface area contributed by atoms with Crippen LogP contribution in [0.3, 0.4) is 0 Å². The van der Waals surface area contributed by atoms with Crippen LogP contribution in [0.1, 0.15) is 36.0 Å². The summed E-state index contributed by atoms with van der Waals surface area (Å²) in [6.07, 6.45) is 2.74. The average Bonchev–Trinajstić information content (AvgIpc) is 2.38. The fraction of sp³-hybridized carbons (Fsp3) is 0.333. The molecule has 0 bridgehead atoms. The Kier molecular flexibility index (Phi) is 5.16. The number of rotatable bonds is 4. The molecule has 0 N–H and O–H groups in total. The van der Waals surface area contributed by atoms with Gasteiger partial charge in [0, 0.05) is 6.42 Å². The van der Waals surface area contributed by atoms with Crippen LogP contribution in [0.5, 0.6) is 0 Å². The molecule has 19 heavy (non-hydrogen) atoms. The van der Waals surface area contributed by atoms with Gasteiger partial charge in [0.25, 0.3) is 0 Å². The molecule has 4 heteroatoms. The van der Waals surface area contributed by atoms with Gasteiger partial charge in [0.05, 0.1) is 9.26 Å². The summed E-state index contributed by atoms with van der Waals surface area (Å²) in [5.74, 6) is 0.803. The highest BCUT2D eigenvalue weighted by Gasteiger charge is 2.10. The highest BCUT2D eigenvalue weighted by Crippen LogP contribution is 2.21. The summed E-state index contributed by atoms with van der Waals surface area (Å²) in [7, 11) is 0. The predicted molar refractivity (Wildman–Crippen MR) is 87.7 cm³/mol. The summed E-state index contributed by atoms with van der Waals surface area (Å²) in [6, 6.07) is 8.45. The predicted octanol–water partition coefficient (Wildman–Crippen LogP) is 4.59. The molecule has 0 aliphatic carbocycles. The van der Waals surface area contributed by atoms with Crippen molar-refractivity contribution in [3.8, 4) is 0 Å². The lowest BCUT2D eigenvalue weighted by Gasteiger charge is -2.08. The summed E-state index contributed by atoms with van der Waals surface area (Å²) in [5, 5.41) is 0.571. The molecule has 0 spiro atoms. The number of hydrogen-bond donors (Lipinski definition) is 0. The third-order valence-electron chi connectivity index (χ3n) is 2.90. The first-order chi connectivity index (χ1) is 9.10. The van der Waals surface area contributed by atoms with Crippen LogP contribution in [0.25, 0.3) is 0 Å². The third kappa shape index (κ3) is 3.89. The maximum absolute atomic E-state index is 6.19. The molecule has 0 amide bonds. The molecule has 1 aromatic carbocycles. The SMILES string of the molecule is CCCc1nc(Cc2ccc(C)cc2)nc(Cl)c1I. The lowest BCUT2D eigenvalue weighted by molar-refractivity contribution is 0.833. The van der Waals surface area contributed by atoms with Crippen LogP contribution < -0.4 is 0 Å². The van der Waals surface area contributed by atoms with Gasteiger partial charge in [0.1, 0.15) is 11.0 Å². The molecule has 0 atom stereocenters. The van der Waals surface area contributed by atoms with E-state index >= 15 is 0 Å². The smallest absolute Gasteiger partial charge is 0.146 e. The molecule has 0 radical (unpaired) electrons. The van der Waals surface area contributed by atoms with Crippen LogP contribution in [-0.4, -0.2) is 9.97 Å². The van der Waals surface area contributed by atoms with E-state index in [1.54, 1.807) is 0 Å². The van der Waals surface area contributed by atoms with Gasteiger partial charge < -0.3 is 0 Å². The Balaban J connectivity index is 2.27. The number of halogens is 2. The number of aromatic nitrogens is 2. The van der Waals surface area contributed by atoms with Crippen molar-refractivity contribution in [3.63, 3.8) is 0 Å². The van der Waals surface area contributed by atoms with Gasteiger partial charge in [-0.3, -0.25) is 0 Å². The summed E-state index contributed by atoms with van der Waals surface area (Å²) >= 11 is 8.41. The van der Waals surface area contributed by atoms with Gasteiger partial charge in [-0.15, -0.1) is 0 Å². The molecule has 2 rings (SSSR count). The zero-order valence-electron chi connectivity index (χ0n) is 11.1. The van der Waals surface area contributed by atoms with E-state index < -0.39 is 0 Å². The Bertz CT molecular complexity index is 567. The molecule has 1 aromatic heterocycles. The summed E-state index contributed by atoms with van der Waals surface area (Å²) in [6.45, 7) is 4.23. The molecule has 2 aromatic rings. The zero-order valence-corrected chi connectivity index (χ0v) is 14.0.